The van der Waals surface area contributed by atoms with Crippen LogP contribution in [0.4, 0.5) is 0 Å². The third-order valence-electron chi connectivity index (χ3n) is 3.29. The number of nitrogens with zero attached hydrogens (tertiary/aromatic N) is 1. The Morgan fingerprint density at radius 1 is 1.23 bits per heavy atom. The Labute approximate surface area is 129 Å². The van der Waals surface area contributed by atoms with Crippen LogP contribution in [0.5, 0.6) is 0 Å². The van der Waals surface area contributed by atoms with E-state index in [2.05, 4.69) is 4.72 Å². The first-order valence-corrected chi connectivity index (χ1v) is 8.15. The number of rotatable bonds is 5. The first-order valence-electron chi connectivity index (χ1n) is 6.67. The van der Waals surface area contributed by atoms with Crippen LogP contribution in [0.25, 0.3) is 0 Å². The lowest BCUT2D eigenvalue weighted by atomic mass is 10.1. The second-order valence-electron chi connectivity index (χ2n) is 4.86. The first kappa shape index (κ1) is 16.2. The summed E-state index contributed by atoms with van der Waals surface area (Å²) in [7, 11) is -3.84. The zero-order valence-corrected chi connectivity index (χ0v) is 12.8. The minimum absolute atomic E-state index is 0.0425. The van der Waals surface area contributed by atoms with Crippen molar-refractivity contribution in [3.63, 3.8) is 0 Å². The molecule has 0 spiro atoms. The van der Waals surface area contributed by atoms with E-state index in [0.717, 1.165) is 0 Å². The average Bonchev–Trinajstić information content (AvgIpc) is 2.53. The van der Waals surface area contributed by atoms with Gasteiger partial charge in [0.1, 0.15) is 0 Å². The van der Waals surface area contributed by atoms with E-state index in [4.69, 9.17) is 5.26 Å². The summed E-state index contributed by atoms with van der Waals surface area (Å²) in [6, 6.07) is 14.5. The summed E-state index contributed by atoms with van der Waals surface area (Å²) in [6.07, 6.45) is 0. The van der Waals surface area contributed by atoms with E-state index in [1.54, 1.807) is 43.3 Å². The van der Waals surface area contributed by atoms with Gasteiger partial charge in [0.25, 0.3) is 0 Å². The fourth-order valence-electron chi connectivity index (χ4n) is 2.11. The number of aliphatic hydroxyl groups is 1. The zero-order chi connectivity index (χ0) is 16.2. The minimum atomic E-state index is -3.84. The van der Waals surface area contributed by atoms with Crippen LogP contribution in [0.3, 0.4) is 0 Å². The molecule has 2 aromatic rings. The Balaban J connectivity index is 2.37. The normalized spacial score (nSPS) is 12.6. The summed E-state index contributed by atoms with van der Waals surface area (Å²) in [5.41, 5.74) is 1.48. The number of benzene rings is 2. The molecule has 0 aromatic heterocycles. The average molecular weight is 316 g/mol. The largest absolute Gasteiger partial charge is 0.394 e. The molecule has 0 aliphatic carbocycles. The van der Waals surface area contributed by atoms with Crippen molar-refractivity contribution in [3.05, 3.63) is 65.2 Å². The van der Waals surface area contributed by atoms with Crippen molar-refractivity contribution < 1.29 is 13.5 Å². The van der Waals surface area contributed by atoms with Crippen LogP contribution >= 0.6 is 0 Å². The third kappa shape index (κ3) is 3.52. The summed E-state index contributed by atoms with van der Waals surface area (Å²) in [5, 5.41) is 18.4. The lowest BCUT2D eigenvalue weighted by Gasteiger charge is -2.18. The van der Waals surface area contributed by atoms with E-state index in [-0.39, 0.29) is 17.1 Å². The topological polar surface area (TPSA) is 90.2 Å². The molecule has 2 N–H and O–H groups in total. The predicted molar refractivity (Wildman–Crippen MR) is 82.5 cm³/mol. The molecule has 0 amide bonds. The molecule has 0 aliphatic heterocycles. The molecule has 0 saturated heterocycles. The van der Waals surface area contributed by atoms with Crippen molar-refractivity contribution in [3.8, 4) is 6.07 Å². The van der Waals surface area contributed by atoms with Gasteiger partial charge in [0.15, 0.2) is 0 Å². The van der Waals surface area contributed by atoms with Crippen LogP contribution in [-0.4, -0.2) is 20.1 Å². The van der Waals surface area contributed by atoms with Crippen LogP contribution in [0.2, 0.25) is 0 Å². The van der Waals surface area contributed by atoms with E-state index >= 15 is 0 Å². The van der Waals surface area contributed by atoms with Crippen molar-refractivity contribution in [2.45, 2.75) is 17.9 Å². The zero-order valence-electron chi connectivity index (χ0n) is 12.0. The minimum Gasteiger partial charge on any atom is -0.394 e. The summed E-state index contributed by atoms with van der Waals surface area (Å²) in [5.74, 6) is 0. The molecule has 0 fully saturated rings. The van der Waals surface area contributed by atoms with Crippen molar-refractivity contribution in [2.24, 2.45) is 0 Å². The van der Waals surface area contributed by atoms with Gasteiger partial charge in [-0.1, -0.05) is 36.4 Å². The Morgan fingerprint density at radius 3 is 2.50 bits per heavy atom. The summed E-state index contributed by atoms with van der Waals surface area (Å²) in [6.45, 7) is 1.30. The Kier molecular flexibility index (Phi) is 4.93. The van der Waals surface area contributed by atoms with E-state index in [1.807, 2.05) is 12.1 Å². The van der Waals surface area contributed by atoms with Crippen LogP contribution < -0.4 is 4.72 Å². The SMILES string of the molecule is Cc1ccc(C#N)cc1S(=O)(=O)NC(CO)c1ccccc1. The molecule has 1 unspecified atom stereocenters. The van der Waals surface area contributed by atoms with Crippen LogP contribution in [-0.2, 0) is 10.0 Å². The molecular weight excluding hydrogens is 300 g/mol. The molecule has 0 radical (unpaired) electrons. The maximum atomic E-state index is 12.5. The molecular formula is C16H16N2O3S. The van der Waals surface area contributed by atoms with Gasteiger partial charge in [-0.05, 0) is 30.2 Å². The van der Waals surface area contributed by atoms with Gasteiger partial charge in [0.05, 0.1) is 29.2 Å². The van der Waals surface area contributed by atoms with Gasteiger partial charge >= 0.3 is 0 Å². The first-order chi connectivity index (χ1) is 10.5. The van der Waals surface area contributed by atoms with E-state index in [0.29, 0.717) is 11.1 Å². The highest BCUT2D eigenvalue weighted by molar-refractivity contribution is 7.89. The predicted octanol–water partition coefficient (Wildman–Crippen LogP) is 1.88. The van der Waals surface area contributed by atoms with Crippen molar-refractivity contribution in [2.75, 3.05) is 6.61 Å². The molecule has 0 bridgehead atoms. The maximum absolute atomic E-state index is 12.5. The van der Waals surface area contributed by atoms with Gasteiger partial charge in [-0.15, -0.1) is 0 Å². The second kappa shape index (κ2) is 6.71. The van der Waals surface area contributed by atoms with Crippen molar-refractivity contribution in [1.82, 2.24) is 4.72 Å². The molecule has 5 nitrogen and oxygen atoms in total. The lowest BCUT2D eigenvalue weighted by molar-refractivity contribution is 0.259. The Morgan fingerprint density at radius 2 is 1.91 bits per heavy atom. The molecule has 1 atom stereocenters. The smallest absolute Gasteiger partial charge is 0.241 e. The van der Waals surface area contributed by atoms with Gasteiger partial charge < -0.3 is 5.11 Å². The van der Waals surface area contributed by atoms with E-state index < -0.39 is 16.1 Å². The quantitative estimate of drug-likeness (QED) is 0.881. The van der Waals surface area contributed by atoms with Gasteiger partial charge in [0, 0.05) is 0 Å². The van der Waals surface area contributed by atoms with Gasteiger partial charge in [-0.2, -0.15) is 5.26 Å². The molecule has 0 aliphatic rings. The maximum Gasteiger partial charge on any atom is 0.241 e. The lowest BCUT2D eigenvalue weighted by Crippen LogP contribution is -2.31. The number of aryl methyl sites for hydroxylation is 1. The number of hydrogen-bond acceptors (Lipinski definition) is 4. The monoisotopic (exact) mass is 316 g/mol. The number of aliphatic hydroxyl groups excluding tert-OH is 1. The number of sulfonamides is 1. The summed E-state index contributed by atoms with van der Waals surface area (Å²) < 4.78 is 27.5. The molecule has 2 rings (SSSR count). The molecule has 0 heterocycles. The number of nitrogens with one attached hydrogen (secondary N) is 1. The van der Waals surface area contributed by atoms with E-state index in [1.165, 1.54) is 6.07 Å². The van der Waals surface area contributed by atoms with Crippen molar-refractivity contribution in [1.29, 1.82) is 5.26 Å². The van der Waals surface area contributed by atoms with Gasteiger partial charge in [-0.3, -0.25) is 0 Å². The molecule has 6 heteroatoms. The van der Waals surface area contributed by atoms with E-state index in [9.17, 15) is 13.5 Å². The Hall–Kier alpha value is -2.20. The molecule has 2 aromatic carbocycles. The summed E-state index contributed by atoms with van der Waals surface area (Å²) in [4.78, 5) is 0.0425. The van der Waals surface area contributed by atoms with Crippen LogP contribution in [0.15, 0.2) is 53.4 Å². The van der Waals surface area contributed by atoms with Crippen LogP contribution in [0, 0.1) is 18.3 Å². The number of nitriles is 1. The van der Waals surface area contributed by atoms with Gasteiger partial charge in [0.2, 0.25) is 10.0 Å². The summed E-state index contributed by atoms with van der Waals surface area (Å²) >= 11 is 0. The third-order valence-corrected chi connectivity index (χ3v) is 4.90. The van der Waals surface area contributed by atoms with Crippen LogP contribution in [0.1, 0.15) is 22.7 Å². The fourth-order valence-corrected chi connectivity index (χ4v) is 3.59. The van der Waals surface area contributed by atoms with Crippen molar-refractivity contribution >= 4 is 10.0 Å². The molecule has 114 valence electrons. The highest BCUT2D eigenvalue weighted by Crippen LogP contribution is 2.20. The highest BCUT2D eigenvalue weighted by atomic mass is 32.2. The Bertz CT molecular complexity index is 796. The molecule has 22 heavy (non-hydrogen) atoms. The second-order valence-corrected chi connectivity index (χ2v) is 6.54. The number of hydrogen-bond donors (Lipinski definition) is 2. The standard InChI is InChI=1S/C16H16N2O3S/c1-12-7-8-13(10-17)9-16(12)22(20,21)18-15(11-19)14-5-3-2-4-6-14/h2-9,15,18-19H,11H2,1H3. The van der Waals surface area contributed by atoms with Gasteiger partial charge in [-0.25, -0.2) is 13.1 Å². The highest BCUT2D eigenvalue weighted by Gasteiger charge is 2.22. The molecule has 0 saturated carbocycles. The fraction of sp³-hybridized carbons (Fsp3) is 0.188.